The molecule has 4 nitrogen and oxygen atoms in total. The van der Waals surface area contributed by atoms with Gasteiger partial charge in [-0.3, -0.25) is 9.69 Å². The van der Waals surface area contributed by atoms with Gasteiger partial charge in [0.1, 0.15) is 0 Å². The second kappa shape index (κ2) is 6.08. The van der Waals surface area contributed by atoms with Gasteiger partial charge in [-0.2, -0.15) is 0 Å². The summed E-state index contributed by atoms with van der Waals surface area (Å²) in [7, 11) is 1.68. The Hall–Kier alpha value is -0.610. The molecule has 1 fully saturated rings. The van der Waals surface area contributed by atoms with Gasteiger partial charge in [0.25, 0.3) is 0 Å². The minimum absolute atomic E-state index is 0.131. The Morgan fingerprint density at radius 2 is 2.20 bits per heavy atom. The molecule has 0 aromatic carbocycles. The number of ether oxygens (including phenoxy) is 1. The number of carbonyl (C=O) groups is 1. The number of carbonyl (C=O) groups excluding carboxylic acids is 1. The van der Waals surface area contributed by atoms with Crippen molar-refractivity contribution in [2.24, 2.45) is 0 Å². The third kappa shape index (κ3) is 3.80. The molecule has 1 saturated heterocycles. The molecule has 0 aliphatic carbocycles. The standard InChI is InChI=1S/C11H22N2O2/c1-4-5-12-6-7-13(11(14)9-12)8-10(2)15-3/h10H,4-9H2,1-3H3/t10-/m0/s1. The zero-order valence-electron chi connectivity index (χ0n) is 10.0. The van der Waals surface area contributed by atoms with E-state index in [9.17, 15) is 4.79 Å². The Morgan fingerprint density at radius 1 is 1.47 bits per heavy atom. The van der Waals surface area contributed by atoms with Crippen molar-refractivity contribution in [3.8, 4) is 0 Å². The van der Waals surface area contributed by atoms with Crippen molar-refractivity contribution in [2.45, 2.75) is 26.4 Å². The fraction of sp³-hybridized carbons (Fsp3) is 0.909. The highest BCUT2D eigenvalue weighted by Gasteiger charge is 2.24. The van der Waals surface area contributed by atoms with E-state index in [1.165, 1.54) is 0 Å². The Labute approximate surface area is 92.2 Å². The van der Waals surface area contributed by atoms with E-state index in [1.807, 2.05) is 11.8 Å². The fourth-order valence-corrected chi connectivity index (χ4v) is 1.84. The molecule has 1 amide bonds. The van der Waals surface area contributed by atoms with Crippen molar-refractivity contribution < 1.29 is 9.53 Å². The van der Waals surface area contributed by atoms with Gasteiger partial charge >= 0.3 is 0 Å². The van der Waals surface area contributed by atoms with Crippen LogP contribution in [0.15, 0.2) is 0 Å². The molecule has 0 spiro atoms. The summed E-state index contributed by atoms with van der Waals surface area (Å²) < 4.78 is 5.17. The highest BCUT2D eigenvalue weighted by Crippen LogP contribution is 2.05. The molecule has 0 radical (unpaired) electrons. The highest BCUT2D eigenvalue weighted by molar-refractivity contribution is 5.79. The second-order valence-corrected chi connectivity index (χ2v) is 4.16. The zero-order valence-corrected chi connectivity index (χ0v) is 10.0. The van der Waals surface area contributed by atoms with E-state index < -0.39 is 0 Å². The Balaban J connectivity index is 2.35. The van der Waals surface area contributed by atoms with Gasteiger partial charge in [0.15, 0.2) is 0 Å². The van der Waals surface area contributed by atoms with Crippen LogP contribution >= 0.6 is 0 Å². The lowest BCUT2D eigenvalue weighted by Gasteiger charge is -2.35. The molecule has 4 heteroatoms. The Morgan fingerprint density at radius 3 is 2.73 bits per heavy atom. The number of hydrogen-bond acceptors (Lipinski definition) is 3. The summed E-state index contributed by atoms with van der Waals surface area (Å²) in [6.07, 6.45) is 1.24. The largest absolute Gasteiger partial charge is 0.380 e. The molecule has 1 atom stereocenters. The molecule has 0 bridgehead atoms. The maximum Gasteiger partial charge on any atom is 0.236 e. The molecule has 0 aromatic heterocycles. The van der Waals surface area contributed by atoms with Crippen molar-refractivity contribution in [3.63, 3.8) is 0 Å². The molecule has 15 heavy (non-hydrogen) atoms. The van der Waals surface area contributed by atoms with Crippen molar-refractivity contribution in [3.05, 3.63) is 0 Å². The average molecular weight is 214 g/mol. The van der Waals surface area contributed by atoms with E-state index in [0.29, 0.717) is 6.54 Å². The monoisotopic (exact) mass is 214 g/mol. The predicted molar refractivity (Wildman–Crippen MR) is 59.8 cm³/mol. The van der Waals surface area contributed by atoms with E-state index in [4.69, 9.17) is 4.74 Å². The zero-order chi connectivity index (χ0) is 11.3. The SMILES string of the molecule is CCCN1CCN(C[C@H](C)OC)C(=O)C1. The van der Waals surface area contributed by atoms with Crippen molar-refractivity contribution in [1.29, 1.82) is 0 Å². The van der Waals surface area contributed by atoms with E-state index in [1.54, 1.807) is 7.11 Å². The van der Waals surface area contributed by atoms with Crippen LogP contribution in [0.5, 0.6) is 0 Å². The maximum atomic E-state index is 11.8. The summed E-state index contributed by atoms with van der Waals surface area (Å²) in [6.45, 7) is 8.29. The molecule has 0 unspecified atom stereocenters. The van der Waals surface area contributed by atoms with Gasteiger partial charge in [0, 0.05) is 26.7 Å². The second-order valence-electron chi connectivity index (χ2n) is 4.16. The average Bonchev–Trinajstić information content (AvgIpc) is 2.22. The summed E-state index contributed by atoms with van der Waals surface area (Å²) in [6, 6.07) is 0. The first-order valence-corrected chi connectivity index (χ1v) is 5.70. The van der Waals surface area contributed by atoms with Crippen molar-refractivity contribution in [2.75, 3.05) is 39.8 Å². The molecule has 1 rings (SSSR count). The van der Waals surface area contributed by atoms with Crippen molar-refractivity contribution in [1.82, 2.24) is 9.80 Å². The molecular formula is C11H22N2O2. The van der Waals surface area contributed by atoms with Crippen LogP contribution in [0.25, 0.3) is 0 Å². The van der Waals surface area contributed by atoms with Crippen molar-refractivity contribution >= 4 is 5.91 Å². The quantitative estimate of drug-likeness (QED) is 0.671. The Kier molecular flexibility index (Phi) is 5.05. The summed E-state index contributed by atoms with van der Waals surface area (Å²) in [5, 5.41) is 0. The molecule has 1 aliphatic rings. The molecular weight excluding hydrogens is 192 g/mol. The number of methoxy groups -OCH3 is 1. The molecule has 88 valence electrons. The smallest absolute Gasteiger partial charge is 0.236 e. The number of rotatable bonds is 5. The lowest BCUT2D eigenvalue weighted by Crippen LogP contribution is -2.52. The molecule has 1 aliphatic heterocycles. The van der Waals surface area contributed by atoms with E-state index in [0.717, 1.165) is 32.6 Å². The minimum atomic E-state index is 0.131. The first-order chi connectivity index (χ1) is 7.17. The molecule has 0 aromatic rings. The number of nitrogens with zero attached hydrogens (tertiary/aromatic N) is 2. The first-order valence-electron chi connectivity index (χ1n) is 5.70. The van der Waals surface area contributed by atoms with E-state index in [-0.39, 0.29) is 12.0 Å². The van der Waals surface area contributed by atoms with Gasteiger partial charge in [-0.1, -0.05) is 6.92 Å². The Bertz CT molecular complexity index is 209. The molecule has 1 heterocycles. The number of piperazine rings is 1. The summed E-state index contributed by atoms with van der Waals surface area (Å²) in [5.41, 5.74) is 0. The minimum Gasteiger partial charge on any atom is -0.380 e. The van der Waals surface area contributed by atoms with Gasteiger partial charge in [-0.05, 0) is 19.9 Å². The van der Waals surface area contributed by atoms with Gasteiger partial charge in [0.05, 0.1) is 12.6 Å². The predicted octanol–water partition coefficient (Wildman–Crippen LogP) is 0.576. The van der Waals surface area contributed by atoms with E-state index >= 15 is 0 Å². The van der Waals surface area contributed by atoms with E-state index in [2.05, 4.69) is 11.8 Å². The van der Waals surface area contributed by atoms with Crippen LogP contribution in [0, 0.1) is 0 Å². The van der Waals surface area contributed by atoms with Crippen LogP contribution in [0.1, 0.15) is 20.3 Å². The summed E-state index contributed by atoms with van der Waals surface area (Å²) >= 11 is 0. The van der Waals surface area contributed by atoms with Crippen LogP contribution in [0.4, 0.5) is 0 Å². The summed E-state index contributed by atoms with van der Waals surface area (Å²) in [5.74, 6) is 0.235. The van der Waals surface area contributed by atoms with Crippen LogP contribution in [0.3, 0.4) is 0 Å². The topological polar surface area (TPSA) is 32.8 Å². The van der Waals surface area contributed by atoms with Crippen LogP contribution in [0.2, 0.25) is 0 Å². The van der Waals surface area contributed by atoms with Gasteiger partial charge in [0.2, 0.25) is 5.91 Å². The molecule has 0 saturated carbocycles. The lowest BCUT2D eigenvalue weighted by molar-refractivity contribution is -0.137. The highest BCUT2D eigenvalue weighted by atomic mass is 16.5. The third-order valence-electron chi connectivity index (χ3n) is 2.82. The van der Waals surface area contributed by atoms with Crippen LogP contribution in [-0.4, -0.2) is 61.6 Å². The van der Waals surface area contributed by atoms with Crippen LogP contribution in [-0.2, 0) is 9.53 Å². The maximum absolute atomic E-state index is 11.8. The first kappa shape index (κ1) is 12.5. The molecule has 0 N–H and O–H groups in total. The fourth-order valence-electron chi connectivity index (χ4n) is 1.84. The third-order valence-corrected chi connectivity index (χ3v) is 2.82. The summed E-state index contributed by atoms with van der Waals surface area (Å²) in [4.78, 5) is 15.9. The van der Waals surface area contributed by atoms with Gasteiger partial charge in [-0.15, -0.1) is 0 Å². The van der Waals surface area contributed by atoms with Crippen LogP contribution < -0.4 is 0 Å². The van der Waals surface area contributed by atoms with Gasteiger partial charge < -0.3 is 9.64 Å². The van der Waals surface area contributed by atoms with Gasteiger partial charge in [-0.25, -0.2) is 0 Å². The number of amides is 1. The normalized spacial score (nSPS) is 20.7. The lowest BCUT2D eigenvalue weighted by atomic mass is 10.2. The number of hydrogen-bond donors (Lipinski definition) is 0.